The van der Waals surface area contributed by atoms with E-state index >= 15 is 0 Å². The number of carboxylic acid groups (broad SMARTS) is 1. The first-order valence-corrected chi connectivity index (χ1v) is 11.0. The first kappa shape index (κ1) is 25.3. The second kappa shape index (κ2) is 11.6. The molecule has 176 valence electrons. The molecule has 0 aliphatic heterocycles. The number of hydrogen-bond acceptors (Lipinski definition) is 5. The van der Waals surface area contributed by atoms with Crippen LogP contribution >= 0.6 is 0 Å². The van der Waals surface area contributed by atoms with Gasteiger partial charge in [-0.05, 0) is 50.3 Å². The van der Waals surface area contributed by atoms with Crippen molar-refractivity contribution in [1.29, 1.82) is 0 Å². The minimum Gasteiger partial charge on any atom is -0.481 e. The molecule has 9 nitrogen and oxygen atoms in total. The molecule has 0 fully saturated rings. The Kier molecular flexibility index (Phi) is 9.19. The van der Waals surface area contributed by atoms with Crippen LogP contribution in [0.1, 0.15) is 57.2 Å². The van der Waals surface area contributed by atoms with E-state index in [9.17, 15) is 24.3 Å². The highest BCUT2D eigenvalue weighted by Crippen LogP contribution is 2.29. The van der Waals surface area contributed by atoms with Crippen LogP contribution in [0.5, 0.6) is 0 Å². The second-order valence-electron chi connectivity index (χ2n) is 8.55. The third-order valence-corrected chi connectivity index (χ3v) is 5.77. The summed E-state index contributed by atoms with van der Waals surface area (Å²) in [4.78, 5) is 49.5. The van der Waals surface area contributed by atoms with Gasteiger partial charge in [0.15, 0.2) is 0 Å². The predicted molar refractivity (Wildman–Crippen MR) is 120 cm³/mol. The van der Waals surface area contributed by atoms with Gasteiger partial charge in [-0.3, -0.25) is 19.2 Å². The molecule has 0 saturated carbocycles. The molecule has 32 heavy (non-hydrogen) atoms. The lowest BCUT2D eigenvalue weighted by molar-refractivity contribution is -0.141. The highest BCUT2D eigenvalue weighted by molar-refractivity contribution is 5.94. The first-order valence-electron chi connectivity index (χ1n) is 11.0. The van der Waals surface area contributed by atoms with Crippen LogP contribution in [0.15, 0.2) is 24.3 Å². The van der Waals surface area contributed by atoms with Gasteiger partial charge in [-0.2, -0.15) is 0 Å². The van der Waals surface area contributed by atoms with E-state index in [-0.39, 0.29) is 17.9 Å². The lowest BCUT2D eigenvalue weighted by Gasteiger charge is -2.29. The third kappa shape index (κ3) is 6.78. The van der Waals surface area contributed by atoms with Crippen molar-refractivity contribution >= 4 is 23.7 Å². The van der Waals surface area contributed by atoms with Gasteiger partial charge in [-0.1, -0.05) is 38.1 Å². The predicted octanol–water partition coefficient (Wildman–Crippen LogP) is 0.888. The van der Waals surface area contributed by atoms with Gasteiger partial charge in [-0.25, -0.2) is 0 Å². The van der Waals surface area contributed by atoms with Crippen molar-refractivity contribution in [3.63, 3.8) is 0 Å². The number of nitrogens with one attached hydrogen (secondary N) is 4. The van der Waals surface area contributed by atoms with Crippen LogP contribution in [0.2, 0.25) is 0 Å². The van der Waals surface area contributed by atoms with Crippen LogP contribution in [-0.2, 0) is 25.6 Å². The summed E-state index contributed by atoms with van der Waals surface area (Å²) in [5.41, 5.74) is 2.17. The smallest absolute Gasteiger partial charge is 0.305 e. The Labute approximate surface area is 188 Å². The van der Waals surface area contributed by atoms with Crippen molar-refractivity contribution in [2.24, 2.45) is 5.92 Å². The maximum Gasteiger partial charge on any atom is 0.305 e. The van der Waals surface area contributed by atoms with Crippen molar-refractivity contribution in [3.05, 3.63) is 35.4 Å². The molecule has 0 saturated heterocycles. The van der Waals surface area contributed by atoms with Gasteiger partial charge in [0.05, 0.1) is 18.5 Å². The number of fused-ring (bicyclic) bond motifs is 1. The van der Waals surface area contributed by atoms with E-state index in [4.69, 9.17) is 0 Å². The van der Waals surface area contributed by atoms with Crippen molar-refractivity contribution in [2.75, 3.05) is 7.05 Å². The highest BCUT2D eigenvalue weighted by Gasteiger charge is 2.32. The van der Waals surface area contributed by atoms with E-state index in [1.54, 1.807) is 27.8 Å². The van der Waals surface area contributed by atoms with Gasteiger partial charge < -0.3 is 26.4 Å². The Hall–Kier alpha value is -2.94. The van der Waals surface area contributed by atoms with E-state index in [0.717, 1.165) is 30.4 Å². The van der Waals surface area contributed by atoms with Gasteiger partial charge in [0.1, 0.15) is 12.1 Å². The molecule has 0 bridgehead atoms. The van der Waals surface area contributed by atoms with Gasteiger partial charge in [0.25, 0.3) is 0 Å². The Balaban J connectivity index is 2.13. The summed E-state index contributed by atoms with van der Waals surface area (Å²) in [5, 5.41) is 20.2. The van der Waals surface area contributed by atoms with Crippen LogP contribution in [0, 0.1) is 5.92 Å². The number of aryl methyl sites for hydroxylation is 1. The molecule has 2 rings (SSSR count). The third-order valence-electron chi connectivity index (χ3n) is 5.77. The summed E-state index contributed by atoms with van der Waals surface area (Å²) in [6, 6.07) is 4.93. The quantitative estimate of drug-likeness (QED) is 0.362. The lowest BCUT2D eigenvalue weighted by atomic mass is 9.87. The zero-order valence-corrected chi connectivity index (χ0v) is 19.1. The highest BCUT2D eigenvalue weighted by atomic mass is 16.4. The molecule has 1 aliphatic rings. The van der Waals surface area contributed by atoms with Gasteiger partial charge >= 0.3 is 5.97 Å². The molecule has 5 N–H and O–H groups in total. The number of carbonyl (C=O) groups is 4. The van der Waals surface area contributed by atoms with E-state index in [0.29, 0.717) is 0 Å². The van der Waals surface area contributed by atoms with E-state index < -0.39 is 42.3 Å². The Bertz CT molecular complexity index is 841. The number of aliphatic carboxylic acids is 1. The summed E-state index contributed by atoms with van der Waals surface area (Å²) in [5.74, 6) is -2.98. The molecule has 0 radical (unpaired) electrons. The summed E-state index contributed by atoms with van der Waals surface area (Å²) >= 11 is 0. The minimum absolute atomic E-state index is 0.238. The summed E-state index contributed by atoms with van der Waals surface area (Å²) in [7, 11) is 1.63. The molecule has 4 atom stereocenters. The van der Waals surface area contributed by atoms with Crippen molar-refractivity contribution in [3.8, 4) is 0 Å². The molecule has 4 unspecified atom stereocenters. The number of carboxylic acids is 1. The topological polar surface area (TPSA) is 137 Å². The van der Waals surface area contributed by atoms with E-state index in [1.165, 1.54) is 0 Å². The molecule has 1 aromatic rings. The maximum atomic E-state index is 13.0. The molecule has 9 heteroatoms. The number of rotatable bonds is 10. The van der Waals surface area contributed by atoms with Crippen LogP contribution < -0.4 is 21.3 Å². The Morgan fingerprint density at radius 3 is 2.34 bits per heavy atom. The van der Waals surface area contributed by atoms with Gasteiger partial charge in [-0.15, -0.1) is 0 Å². The Morgan fingerprint density at radius 1 is 1.03 bits per heavy atom. The van der Waals surface area contributed by atoms with Crippen LogP contribution in [0.25, 0.3) is 0 Å². The number of amides is 3. The summed E-state index contributed by atoms with van der Waals surface area (Å²) < 4.78 is 0. The molecule has 3 amide bonds. The van der Waals surface area contributed by atoms with E-state index in [2.05, 4.69) is 21.3 Å². The summed E-state index contributed by atoms with van der Waals surface area (Å²) in [6.07, 6.45) is 2.02. The van der Waals surface area contributed by atoms with Crippen molar-refractivity contribution in [2.45, 2.75) is 70.6 Å². The second-order valence-corrected chi connectivity index (χ2v) is 8.55. The fraction of sp³-hybridized carbons (Fsp3) is 0.565. The average Bonchev–Trinajstić information content (AvgIpc) is 2.75. The molecule has 1 aromatic carbocycles. The SMILES string of the molecule is CNC(C)C(=O)NC(C(=O)NC(CC(=O)O)C(=O)NC1CCCc2ccccc21)C(C)C. The van der Waals surface area contributed by atoms with Crippen LogP contribution in [-0.4, -0.2) is 54.0 Å². The number of likely N-dealkylation sites (N-methyl/N-ethyl adjacent to an activating group) is 1. The fourth-order valence-corrected chi connectivity index (χ4v) is 3.77. The lowest BCUT2D eigenvalue weighted by Crippen LogP contribution is -2.57. The van der Waals surface area contributed by atoms with Crippen LogP contribution in [0.3, 0.4) is 0 Å². The number of hydrogen-bond donors (Lipinski definition) is 5. The molecule has 0 aromatic heterocycles. The normalized spacial score (nSPS) is 18.1. The Morgan fingerprint density at radius 2 is 1.72 bits per heavy atom. The molecular formula is C23H34N4O5. The average molecular weight is 447 g/mol. The van der Waals surface area contributed by atoms with E-state index in [1.807, 2.05) is 24.3 Å². The van der Waals surface area contributed by atoms with Gasteiger partial charge in [0.2, 0.25) is 17.7 Å². The molecule has 0 heterocycles. The zero-order valence-electron chi connectivity index (χ0n) is 19.1. The largest absolute Gasteiger partial charge is 0.481 e. The fourth-order valence-electron chi connectivity index (χ4n) is 3.77. The maximum absolute atomic E-state index is 13.0. The summed E-state index contributed by atoms with van der Waals surface area (Å²) in [6.45, 7) is 5.19. The van der Waals surface area contributed by atoms with Gasteiger partial charge in [0, 0.05) is 0 Å². The van der Waals surface area contributed by atoms with Crippen molar-refractivity contribution < 1.29 is 24.3 Å². The number of benzene rings is 1. The monoisotopic (exact) mass is 446 g/mol. The zero-order chi connectivity index (χ0) is 23.8. The molecule has 1 aliphatic carbocycles. The molecular weight excluding hydrogens is 412 g/mol. The first-order chi connectivity index (χ1) is 15.1. The number of carbonyl (C=O) groups excluding carboxylic acids is 3. The van der Waals surface area contributed by atoms with Crippen molar-refractivity contribution in [1.82, 2.24) is 21.3 Å². The minimum atomic E-state index is -1.26. The molecule has 0 spiro atoms. The standard InChI is InChI=1S/C23H34N4O5/c1-13(2)20(27-21(30)14(3)24-4)23(32)26-18(12-19(28)29)22(31)25-17-11-7-9-15-8-5-6-10-16(15)17/h5-6,8,10,13-14,17-18,20,24H,7,9,11-12H2,1-4H3,(H,25,31)(H,26,32)(H,27,30)(H,28,29). The van der Waals surface area contributed by atoms with Crippen LogP contribution in [0.4, 0.5) is 0 Å².